The summed E-state index contributed by atoms with van der Waals surface area (Å²) in [6.45, 7) is 2.30. The number of rotatable bonds is 6. The lowest BCUT2D eigenvalue weighted by Crippen LogP contribution is -2.40. The van der Waals surface area contributed by atoms with Crippen molar-refractivity contribution in [3.8, 4) is 5.75 Å². The first-order valence-electron chi connectivity index (χ1n) is 8.34. The lowest BCUT2D eigenvalue weighted by atomic mass is 10.2. The van der Waals surface area contributed by atoms with Gasteiger partial charge in [-0.15, -0.1) is 11.8 Å². The first kappa shape index (κ1) is 18.3. The summed E-state index contributed by atoms with van der Waals surface area (Å²) >= 11 is 1.55. The van der Waals surface area contributed by atoms with Crippen molar-refractivity contribution in [3.05, 3.63) is 59.9 Å². The number of carbonyl (C=O) groups excluding carboxylic acids is 2. The Kier molecular flexibility index (Phi) is 5.78. The fourth-order valence-electron chi connectivity index (χ4n) is 2.78. The first-order chi connectivity index (χ1) is 12.6. The van der Waals surface area contributed by atoms with Gasteiger partial charge in [-0.05, 0) is 36.2 Å². The molecule has 1 fully saturated rings. The maximum atomic E-state index is 12.5. The smallest absolute Gasteiger partial charge is 0.239 e. The monoisotopic (exact) mass is 371 g/mol. The lowest BCUT2D eigenvalue weighted by molar-refractivity contribution is -0.135. The molecule has 1 saturated heterocycles. The van der Waals surface area contributed by atoms with Gasteiger partial charge in [-0.25, -0.2) is 0 Å². The topological polar surface area (TPSA) is 71.5 Å². The van der Waals surface area contributed by atoms with Crippen LogP contribution in [-0.2, 0) is 16.1 Å². The minimum absolute atomic E-state index is 0.0210. The average molecular weight is 371 g/mol. The van der Waals surface area contributed by atoms with Crippen LogP contribution in [0.4, 0.5) is 0 Å². The highest BCUT2D eigenvalue weighted by molar-refractivity contribution is 8.01. The summed E-state index contributed by atoms with van der Waals surface area (Å²) in [4.78, 5) is 30.5. The number of nitrogens with one attached hydrogen (secondary N) is 1. The van der Waals surface area contributed by atoms with Gasteiger partial charge in [-0.2, -0.15) is 0 Å². The summed E-state index contributed by atoms with van der Waals surface area (Å²) in [6, 6.07) is 11.3. The molecule has 7 heteroatoms. The van der Waals surface area contributed by atoms with Crippen molar-refractivity contribution in [1.82, 2.24) is 15.2 Å². The van der Waals surface area contributed by atoms with E-state index in [1.165, 1.54) is 0 Å². The molecule has 2 amide bonds. The van der Waals surface area contributed by atoms with Crippen molar-refractivity contribution in [2.75, 3.05) is 13.7 Å². The highest BCUT2D eigenvalue weighted by Gasteiger charge is 2.39. The molecule has 26 heavy (non-hydrogen) atoms. The number of pyridine rings is 1. The Bertz CT molecular complexity index is 767. The van der Waals surface area contributed by atoms with E-state index in [1.54, 1.807) is 36.2 Å². The molecule has 6 nitrogen and oxygen atoms in total. The van der Waals surface area contributed by atoms with Crippen molar-refractivity contribution in [1.29, 1.82) is 0 Å². The summed E-state index contributed by atoms with van der Waals surface area (Å²) in [7, 11) is 1.61. The predicted octanol–water partition coefficient (Wildman–Crippen LogP) is 2.37. The standard InChI is InChI=1S/C19H21N3O3S/c1-13-18(24)22(12-17(23)21-11-14-4-3-9-20-10-14)19(26-13)15-5-7-16(25-2)8-6-15/h3-10,13,19H,11-12H2,1-2H3,(H,21,23). The second kappa shape index (κ2) is 8.23. The quantitative estimate of drug-likeness (QED) is 0.844. The summed E-state index contributed by atoms with van der Waals surface area (Å²) in [5, 5.41) is 2.50. The zero-order valence-electron chi connectivity index (χ0n) is 14.7. The zero-order chi connectivity index (χ0) is 18.5. The van der Waals surface area contributed by atoms with E-state index in [-0.39, 0.29) is 29.0 Å². The summed E-state index contributed by atoms with van der Waals surface area (Å²) < 4.78 is 5.18. The Balaban J connectivity index is 1.66. The molecule has 2 unspecified atom stereocenters. The number of nitrogens with zero attached hydrogens (tertiary/aromatic N) is 2. The van der Waals surface area contributed by atoms with Gasteiger partial charge in [0, 0.05) is 18.9 Å². The summed E-state index contributed by atoms with van der Waals surface area (Å²) in [5.41, 5.74) is 1.90. The Morgan fingerprint density at radius 1 is 1.31 bits per heavy atom. The second-order valence-corrected chi connectivity index (χ2v) is 7.43. The molecule has 0 radical (unpaired) electrons. The van der Waals surface area contributed by atoms with Crippen LogP contribution in [0.15, 0.2) is 48.8 Å². The largest absolute Gasteiger partial charge is 0.497 e. The van der Waals surface area contributed by atoms with Gasteiger partial charge in [-0.3, -0.25) is 14.6 Å². The number of amides is 2. The minimum atomic E-state index is -0.185. The van der Waals surface area contributed by atoms with Crippen molar-refractivity contribution in [2.24, 2.45) is 0 Å². The molecule has 1 aromatic heterocycles. The second-order valence-electron chi connectivity index (χ2n) is 6.01. The van der Waals surface area contributed by atoms with Crippen LogP contribution in [0.25, 0.3) is 0 Å². The Labute approximate surface area is 156 Å². The van der Waals surface area contributed by atoms with Gasteiger partial charge in [0.15, 0.2) is 0 Å². The molecule has 3 rings (SSSR count). The average Bonchev–Trinajstić information content (AvgIpc) is 2.95. The Hall–Kier alpha value is -2.54. The maximum Gasteiger partial charge on any atom is 0.239 e. The third-order valence-corrected chi connectivity index (χ3v) is 5.57. The number of thioether (sulfide) groups is 1. The van der Waals surface area contributed by atoms with Gasteiger partial charge in [0.1, 0.15) is 17.7 Å². The van der Waals surface area contributed by atoms with E-state index in [0.717, 1.165) is 16.9 Å². The molecule has 1 aliphatic rings. The fourth-order valence-corrected chi connectivity index (χ4v) is 4.05. The van der Waals surface area contributed by atoms with Gasteiger partial charge in [0.2, 0.25) is 11.8 Å². The van der Waals surface area contributed by atoms with E-state index in [2.05, 4.69) is 10.3 Å². The number of aromatic nitrogens is 1. The number of ether oxygens (including phenoxy) is 1. The highest BCUT2D eigenvalue weighted by atomic mass is 32.2. The molecule has 2 heterocycles. The lowest BCUT2D eigenvalue weighted by Gasteiger charge is -2.23. The van der Waals surface area contributed by atoms with Gasteiger partial charge in [0.25, 0.3) is 0 Å². The molecule has 1 aliphatic heterocycles. The molecule has 0 saturated carbocycles. The van der Waals surface area contributed by atoms with Crippen LogP contribution >= 0.6 is 11.8 Å². The molecule has 0 bridgehead atoms. The van der Waals surface area contributed by atoms with E-state index in [0.29, 0.717) is 6.54 Å². The summed E-state index contributed by atoms with van der Waals surface area (Å²) in [5.74, 6) is 0.555. The van der Waals surface area contributed by atoms with E-state index in [1.807, 2.05) is 43.3 Å². The normalized spacial score (nSPS) is 19.5. The first-order valence-corrected chi connectivity index (χ1v) is 9.28. The van der Waals surface area contributed by atoms with Crippen LogP contribution in [-0.4, -0.2) is 40.6 Å². The predicted molar refractivity (Wildman–Crippen MR) is 101 cm³/mol. The van der Waals surface area contributed by atoms with Crippen LogP contribution in [0, 0.1) is 0 Å². The van der Waals surface area contributed by atoms with E-state index >= 15 is 0 Å². The van der Waals surface area contributed by atoms with E-state index in [9.17, 15) is 9.59 Å². The third kappa shape index (κ3) is 4.16. The van der Waals surface area contributed by atoms with Gasteiger partial charge < -0.3 is 15.0 Å². The van der Waals surface area contributed by atoms with Crippen molar-refractivity contribution in [2.45, 2.75) is 24.1 Å². The highest BCUT2D eigenvalue weighted by Crippen LogP contribution is 2.42. The van der Waals surface area contributed by atoms with E-state index < -0.39 is 0 Å². The third-order valence-electron chi connectivity index (χ3n) is 4.17. The maximum absolute atomic E-state index is 12.5. The number of methoxy groups -OCH3 is 1. The molecule has 1 aromatic carbocycles. The van der Waals surface area contributed by atoms with Gasteiger partial charge in [-0.1, -0.05) is 18.2 Å². The van der Waals surface area contributed by atoms with Crippen LogP contribution < -0.4 is 10.1 Å². The summed E-state index contributed by atoms with van der Waals surface area (Å²) in [6.07, 6.45) is 3.39. The van der Waals surface area contributed by atoms with Crippen LogP contribution in [0.3, 0.4) is 0 Å². The Morgan fingerprint density at radius 2 is 2.08 bits per heavy atom. The minimum Gasteiger partial charge on any atom is -0.497 e. The Morgan fingerprint density at radius 3 is 2.73 bits per heavy atom. The number of benzene rings is 1. The van der Waals surface area contributed by atoms with E-state index in [4.69, 9.17) is 4.74 Å². The molecular formula is C19H21N3O3S. The number of hydrogen-bond donors (Lipinski definition) is 1. The van der Waals surface area contributed by atoms with Crippen LogP contribution in [0.5, 0.6) is 5.75 Å². The van der Waals surface area contributed by atoms with Crippen molar-refractivity contribution in [3.63, 3.8) is 0 Å². The molecule has 1 N–H and O–H groups in total. The fraction of sp³-hybridized carbons (Fsp3) is 0.316. The van der Waals surface area contributed by atoms with Crippen molar-refractivity contribution < 1.29 is 14.3 Å². The van der Waals surface area contributed by atoms with Gasteiger partial charge >= 0.3 is 0 Å². The molecule has 2 aromatic rings. The van der Waals surface area contributed by atoms with Crippen LogP contribution in [0.2, 0.25) is 0 Å². The molecule has 0 aliphatic carbocycles. The van der Waals surface area contributed by atoms with Crippen molar-refractivity contribution >= 4 is 23.6 Å². The molecule has 0 spiro atoms. The number of hydrogen-bond acceptors (Lipinski definition) is 5. The SMILES string of the molecule is COc1ccc(C2SC(C)C(=O)N2CC(=O)NCc2cccnc2)cc1. The molecular weight excluding hydrogens is 350 g/mol. The van der Waals surface area contributed by atoms with Crippen LogP contribution in [0.1, 0.15) is 23.4 Å². The molecule has 136 valence electrons. The molecule has 2 atom stereocenters. The van der Waals surface area contributed by atoms with Gasteiger partial charge in [0.05, 0.1) is 12.4 Å². The zero-order valence-corrected chi connectivity index (χ0v) is 15.5. The number of carbonyl (C=O) groups is 2.